The van der Waals surface area contributed by atoms with Gasteiger partial charge in [-0.1, -0.05) is 25.5 Å². The highest BCUT2D eigenvalue weighted by atomic mass is 32.1. The summed E-state index contributed by atoms with van der Waals surface area (Å²) in [4.78, 5) is 17.0. The summed E-state index contributed by atoms with van der Waals surface area (Å²) in [5.74, 6) is -0.299. The molecule has 2 rings (SSSR count). The fourth-order valence-electron chi connectivity index (χ4n) is 2.07. The van der Waals surface area contributed by atoms with Crippen LogP contribution in [0.2, 0.25) is 0 Å². The van der Waals surface area contributed by atoms with Gasteiger partial charge < -0.3 is 15.8 Å². The van der Waals surface area contributed by atoms with Gasteiger partial charge in [0.15, 0.2) is 5.13 Å². The Labute approximate surface area is 134 Å². The number of nitrogens with zero attached hydrogens (tertiary/aromatic N) is 1. The number of hydrogen-bond acceptors (Lipinski definition) is 6. The topological polar surface area (TPSA) is 77.2 Å². The molecule has 118 valence electrons. The molecule has 1 heterocycles. The molecule has 0 fully saturated rings. The van der Waals surface area contributed by atoms with E-state index in [1.54, 1.807) is 11.3 Å². The number of thiazole rings is 1. The summed E-state index contributed by atoms with van der Waals surface area (Å²) in [6.07, 6.45) is 2.79. The molecule has 0 unspecified atom stereocenters. The summed E-state index contributed by atoms with van der Waals surface area (Å²) in [5.41, 5.74) is 8.78. The maximum absolute atomic E-state index is 11.2. The first-order chi connectivity index (χ1) is 10.6. The van der Waals surface area contributed by atoms with Crippen LogP contribution >= 0.6 is 11.3 Å². The SMILES string of the molecule is CCCc1nc(NCC(=O)OC)sc1Cc1ccc(N)cc1. The van der Waals surface area contributed by atoms with Gasteiger partial charge in [-0.25, -0.2) is 4.98 Å². The zero-order valence-electron chi connectivity index (χ0n) is 12.9. The summed E-state index contributed by atoms with van der Waals surface area (Å²) in [5, 5.41) is 3.79. The van der Waals surface area contributed by atoms with Crippen molar-refractivity contribution in [1.29, 1.82) is 0 Å². The van der Waals surface area contributed by atoms with E-state index in [0.717, 1.165) is 35.8 Å². The van der Waals surface area contributed by atoms with Gasteiger partial charge in [-0.05, 0) is 24.1 Å². The number of benzene rings is 1. The molecule has 1 aromatic carbocycles. The van der Waals surface area contributed by atoms with E-state index in [4.69, 9.17) is 5.73 Å². The van der Waals surface area contributed by atoms with Crippen LogP contribution in [-0.2, 0) is 22.4 Å². The largest absolute Gasteiger partial charge is 0.468 e. The van der Waals surface area contributed by atoms with E-state index in [2.05, 4.69) is 22.0 Å². The molecule has 0 saturated carbocycles. The van der Waals surface area contributed by atoms with E-state index >= 15 is 0 Å². The number of aromatic nitrogens is 1. The fraction of sp³-hybridized carbons (Fsp3) is 0.375. The van der Waals surface area contributed by atoms with Crippen molar-refractivity contribution < 1.29 is 9.53 Å². The molecule has 22 heavy (non-hydrogen) atoms. The van der Waals surface area contributed by atoms with Crippen molar-refractivity contribution in [2.24, 2.45) is 0 Å². The quantitative estimate of drug-likeness (QED) is 0.606. The predicted molar refractivity (Wildman–Crippen MR) is 90.3 cm³/mol. The molecule has 0 bridgehead atoms. The first-order valence-corrected chi connectivity index (χ1v) is 8.07. The average molecular weight is 319 g/mol. The number of nitrogen functional groups attached to an aromatic ring is 1. The van der Waals surface area contributed by atoms with Gasteiger partial charge >= 0.3 is 5.97 Å². The Morgan fingerprint density at radius 2 is 2.09 bits per heavy atom. The Hall–Kier alpha value is -2.08. The van der Waals surface area contributed by atoms with Crippen LogP contribution in [0.5, 0.6) is 0 Å². The summed E-state index contributed by atoms with van der Waals surface area (Å²) in [6.45, 7) is 2.27. The second-order valence-corrected chi connectivity index (χ2v) is 6.07. The third-order valence-electron chi connectivity index (χ3n) is 3.22. The molecule has 0 saturated heterocycles. The molecule has 1 aromatic heterocycles. The van der Waals surface area contributed by atoms with Gasteiger partial charge in [0.05, 0.1) is 12.8 Å². The van der Waals surface area contributed by atoms with Crippen molar-refractivity contribution in [3.8, 4) is 0 Å². The van der Waals surface area contributed by atoms with E-state index in [1.165, 1.54) is 17.6 Å². The number of carbonyl (C=O) groups excluding carboxylic acids is 1. The predicted octanol–water partition coefficient (Wildman–Crippen LogP) is 2.85. The van der Waals surface area contributed by atoms with Crippen LogP contribution in [0.15, 0.2) is 24.3 Å². The number of rotatable bonds is 7. The van der Waals surface area contributed by atoms with Crippen LogP contribution in [0.1, 0.15) is 29.5 Å². The minimum Gasteiger partial charge on any atom is -0.468 e. The van der Waals surface area contributed by atoms with Gasteiger partial charge in [-0.15, -0.1) is 11.3 Å². The molecule has 0 aliphatic rings. The summed E-state index contributed by atoms with van der Waals surface area (Å²) in [7, 11) is 1.38. The number of ether oxygens (including phenoxy) is 1. The first-order valence-electron chi connectivity index (χ1n) is 7.26. The molecule has 0 atom stereocenters. The van der Waals surface area contributed by atoms with E-state index in [1.807, 2.05) is 24.3 Å². The van der Waals surface area contributed by atoms with Crippen molar-refractivity contribution in [3.63, 3.8) is 0 Å². The standard InChI is InChI=1S/C16H21N3O2S/c1-3-4-13-14(9-11-5-7-12(17)8-6-11)22-16(19-13)18-10-15(20)21-2/h5-8H,3-4,9-10,17H2,1-2H3,(H,18,19). The second-order valence-electron chi connectivity index (χ2n) is 4.99. The molecule has 0 aliphatic heterocycles. The molecule has 2 aromatic rings. The molecule has 6 heteroatoms. The highest BCUT2D eigenvalue weighted by Crippen LogP contribution is 2.27. The molecular formula is C16H21N3O2S. The zero-order chi connectivity index (χ0) is 15.9. The van der Waals surface area contributed by atoms with Gasteiger partial charge in [0.25, 0.3) is 0 Å². The molecular weight excluding hydrogens is 298 g/mol. The van der Waals surface area contributed by atoms with Gasteiger partial charge in [-0.3, -0.25) is 4.79 Å². The lowest BCUT2D eigenvalue weighted by Crippen LogP contribution is -2.14. The number of nitrogens with two attached hydrogens (primary N) is 1. The fourth-order valence-corrected chi connectivity index (χ4v) is 3.11. The number of anilines is 2. The van der Waals surface area contributed by atoms with Crippen molar-refractivity contribution in [2.45, 2.75) is 26.2 Å². The minimum atomic E-state index is -0.299. The van der Waals surface area contributed by atoms with Gasteiger partial charge in [0, 0.05) is 17.0 Å². The lowest BCUT2D eigenvalue weighted by molar-refractivity contribution is -0.138. The average Bonchev–Trinajstić information content (AvgIpc) is 2.89. The highest BCUT2D eigenvalue weighted by Gasteiger charge is 2.12. The van der Waals surface area contributed by atoms with Crippen molar-refractivity contribution in [3.05, 3.63) is 40.4 Å². The number of esters is 1. The van der Waals surface area contributed by atoms with E-state index in [9.17, 15) is 4.79 Å². The molecule has 3 N–H and O–H groups in total. The zero-order valence-corrected chi connectivity index (χ0v) is 13.7. The Morgan fingerprint density at radius 3 is 2.73 bits per heavy atom. The van der Waals surface area contributed by atoms with Crippen LogP contribution < -0.4 is 11.1 Å². The summed E-state index contributed by atoms with van der Waals surface area (Å²) >= 11 is 1.59. The number of methoxy groups -OCH3 is 1. The maximum Gasteiger partial charge on any atom is 0.325 e. The molecule has 0 amide bonds. The number of aryl methyl sites for hydroxylation is 1. The number of carbonyl (C=O) groups is 1. The molecule has 0 spiro atoms. The normalized spacial score (nSPS) is 10.5. The smallest absolute Gasteiger partial charge is 0.325 e. The second kappa shape index (κ2) is 7.79. The minimum absolute atomic E-state index is 0.136. The van der Waals surface area contributed by atoms with E-state index < -0.39 is 0 Å². The van der Waals surface area contributed by atoms with Crippen molar-refractivity contribution in [1.82, 2.24) is 4.98 Å². The third kappa shape index (κ3) is 4.46. The lowest BCUT2D eigenvalue weighted by atomic mass is 10.1. The molecule has 5 nitrogen and oxygen atoms in total. The summed E-state index contributed by atoms with van der Waals surface area (Å²) < 4.78 is 4.63. The van der Waals surface area contributed by atoms with Crippen LogP contribution in [0.3, 0.4) is 0 Å². The van der Waals surface area contributed by atoms with Crippen LogP contribution in [-0.4, -0.2) is 24.6 Å². The Kier molecular flexibility index (Phi) is 5.77. The number of nitrogens with one attached hydrogen (secondary N) is 1. The van der Waals surface area contributed by atoms with Gasteiger partial charge in [0.2, 0.25) is 0 Å². The van der Waals surface area contributed by atoms with Crippen LogP contribution in [0.25, 0.3) is 0 Å². The van der Waals surface area contributed by atoms with Crippen molar-refractivity contribution >= 4 is 28.1 Å². The lowest BCUT2D eigenvalue weighted by Gasteiger charge is -2.02. The van der Waals surface area contributed by atoms with Gasteiger partial charge in [-0.2, -0.15) is 0 Å². The maximum atomic E-state index is 11.2. The highest BCUT2D eigenvalue weighted by molar-refractivity contribution is 7.15. The Bertz CT molecular complexity index is 623. The molecule has 0 aliphatic carbocycles. The van der Waals surface area contributed by atoms with Crippen LogP contribution in [0, 0.1) is 0 Å². The number of hydrogen-bond donors (Lipinski definition) is 2. The van der Waals surface area contributed by atoms with Crippen molar-refractivity contribution in [2.75, 3.05) is 24.7 Å². The Morgan fingerprint density at radius 1 is 1.36 bits per heavy atom. The van der Waals surface area contributed by atoms with Crippen LogP contribution in [0.4, 0.5) is 10.8 Å². The first kappa shape index (κ1) is 16.3. The molecule has 0 radical (unpaired) electrons. The van der Waals surface area contributed by atoms with Gasteiger partial charge in [0.1, 0.15) is 6.54 Å². The third-order valence-corrected chi connectivity index (χ3v) is 4.28. The summed E-state index contributed by atoms with van der Waals surface area (Å²) in [6, 6.07) is 7.89. The Balaban J connectivity index is 2.12. The van der Waals surface area contributed by atoms with E-state index in [-0.39, 0.29) is 12.5 Å². The van der Waals surface area contributed by atoms with E-state index in [0.29, 0.717) is 0 Å². The monoisotopic (exact) mass is 319 g/mol.